The number of anilines is 2. The van der Waals surface area contributed by atoms with Crippen molar-refractivity contribution in [3.63, 3.8) is 0 Å². The number of benzene rings is 3. The van der Waals surface area contributed by atoms with E-state index in [-0.39, 0.29) is 11.9 Å². The van der Waals surface area contributed by atoms with Crippen LogP contribution >= 0.6 is 0 Å². The highest BCUT2D eigenvalue weighted by molar-refractivity contribution is 6.09. The molecule has 0 atom stereocenters. The Kier molecular flexibility index (Phi) is 7.51. The number of nitrogens with zero attached hydrogens (tertiary/aromatic N) is 3. The SMILES string of the molecule is COc1cccc(NC(=O)Nc2ccc(-c3ccc(CN4CCN(C(C)=O)CC4)nc3)c3ccccc23)c1. The van der Waals surface area contributed by atoms with Crippen LogP contribution in [0.2, 0.25) is 0 Å². The number of piperazine rings is 1. The lowest BCUT2D eigenvalue weighted by Crippen LogP contribution is -2.47. The van der Waals surface area contributed by atoms with Crippen molar-refractivity contribution >= 4 is 34.1 Å². The molecule has 0 spiro atoms. The maximum Gasteiger partial charge on any atom is 0.323 e. The number of aromatic nitrogens is 1. The van der Waals surface area contributed by atoms with Crippen molar-refractivity contribution < 1.29 is 14.3 Å². The molecule has 2 N–H and O–H groups in total. The van der Waals surface area contributed by atoms with Crippen LogP contribution in [0.3, 0.4) is 0 Å². The van der Waals surface area contributed by atoms with Crippen LogP contribution in [0.4, 0.5) is 16.2 Å². The molecule has 1 aromatic heterocycles. The third-order valence-electron chi connectivity index (χ3n) is 6.84. The fourth-order valence-electron chi connectivity index (χ4n) is 4.77. The van der Waals surface area contributed by atoms with E-state index < -0.39 is 0 Å². The summed E-state index contributed by atoms with van der Waals surface area (Å²) in [4.78, 5) is 33.2. The van der Waals surface area contributed by atoms with Crippen LogP contribution in [-0.2, 0) is 11.3 Å². The lowest BCUT2D eigenvalue weighted by Gasteiger charge is -2.33. The fourth-order valence-corrected chi connectivity index (χ4v) is 4.77. The van der Waals surface area contributed by atoms with Crippen molar-refractivity contribution in [3.8, 4) is 16.9 Å². The van der Waals surface area contributed by atoms with Crippen LogP contribution < -0.4 is 15.4 Å². The molecule has 194 valence electrons. The van der Waals surface area contributed by atoms with Gasteiger partial charge in [-0.05, 0) is 35.2 Å². The van der Waals surface area contributed by atoms with Crippen LogP contribution in [0, 0.1) is 0 Å². The van der Waals surface area contributed by atoms with E-state index in [0.717, 1.165) is 66.0 Å². The second kappa shape index (κ2) is 11.3. The van der Waals surface area contributed by atoms with Gasteiger partial charge in [-0.25, -0.2) is 4.79 Å². The minimum absolute atomic E-state index is 0.137. The van der Waals surface area contributed by atoms with E-state index in [2.05, 4.69) is 33.7 Å². The van der Waals surface area contributed by atoms with Gasteiger partial charge < -0.3 is 20.3 Å². The van der Waals surface area contributed by atoms with Crippen LogP contribution in [-0.4, -0.2) is 60.0 Å². The Morgan fingerprint density at radius 1 is 0.895 bits per heavy atom. The van der Waals surface area contributed by atoms with Gasteiger partial charge in [0.1, 0.15) is 5.75 Å². The highest BCUT2D eigenvalue weighted by Gasteiger charge is 2.19. The van der Waals surface area contributed by atoms with Crippen LogP contribution in [0.15, 0.2) is 79.0 Å². The first-order valence-corrected chi connectivity index (χ1v) is 12.7. The molecule has 2 heterocycles. The summed E-state index contributed by atoms with van der Waals surface area (Å²) >= 11 is 0. The number of carbonyl (C=O) groups excluding carboxylic acids is 2. The van der Waals surface area contributed by atoms with Gasteiger partial charge in [-0.2, -0.15) is 0 Å². The number of hydrogen-bond acceptors (Lipinski definition) is 5. The second-order valence-electron chi connectivity index (χ2n) is 9.34. The number of pyridine rings is 1. The quantitative estimate of drug-likeness (QED) is 0.372. The van der Waals surface area contributed by atoms with Gasteiger partial charge in [-0.3, -0.25) is 14.7 Å². The topological polar surface area (TPSA) is 86.8 Å². The molecule has 0 unspecified atom stereocenters. The van der Waals surface area contributed by atoms with Crippen LogP contribution in [0.5, 0.6) is 5.75 Å². The van der Waals surface area contributed by atoms with Crippen molar-refractivity contribution in [2.24, 2.45) is 0 Å². The maximum atomic E-state index is 12.7. The lowest BCUT2D eigenvalue weighted by atomic mass is 9.98. The second-order valence-corrected chi connectivity index (χ2v) is 9.34. The Morgan fingerprint density at radius 3 is 2.39 bits per heavy atom. The van der Waals surface area contributed by atoms with E-state index in [1.807, 2.05) is 59.6 Å². The molecule has 3 aromatic carbocycles. The van der Waals surface area contributed by atoms with Crippen LogP contribution in [0.25, 0.3) is 21.9 Å². The lowest BCUT2D eigenvalue weighted by molar-refractivity contribution is -0.130. The third kappa shape index (κ3) is 5.76. The first-order chi connectivity index (χ1) is 18.5. The molecular formula is C30H31N5O3. The molecule has 3 amide bonds. The van der Waals surface area contributed by atoms with E-state index >= 15 is 0 Å². The molecule has 8 nitrogen and oxygen atoms in total. The predicted molar refractivity (Wildman–Crippen MR) is 150 cm³/mol. The summed E-state index contributed by atoms with van der Waals surface area (Å²) in [5.74, 6) is 0.811. The number of ether oxygens (including phenoxy) is 1. The van der Waals surface area contributed by atoms with Gasteiger partial charge in [0.15, 0.2) is 0 Å². The molecule has 5 rings (SSSR count). The standard InChI is InChI=1S/C30H31N5O3/c1-21(36)35-16-14-34(15-17-35)20-24-11-10-22(19-31-24)26-12-13-29(28-9-4-3-8-27(26)28)33-30(37)32-23-6-5-7-25(18-23)38-2/h3-13,18-19H,14-17,20H2,1-2H3,(H2,32,33,37). The highest BCUT2D eigenvalue weighted by Crippen LogP contribution is 2.33. The summed E-state index contributed by atoms with van der Waals surface area (Å²) in [6.07, 6.45) is 1.91. The van der Waals surface area contributed by atoms with Crippen LogP contribution in [0.1, 0.15) is 12.6 Å². The minimum atomic E-state index is -0.327. The van der Waals surface area contributed by atoms with Gasteiger partial charge in [-0.15, -0.1) is 0 Å². The molecule has 4 aromatic rings. The first kappa shape index (κ1) is 25.2. The summed E-state index contributed by atoms with van der Waals surface area (Å²) in [5, 5.41) is 7.81. The van der Waals surface area contributed by atoms with Gasteiger partial charge in [0, 0.05) is 68.5 Å². The minimum Gasteiger partial charge on any atom is -0.497 e. The van der Waals surface area contributed by atoms with E-state index in [9.17, 15) is 9.59 Å². The van der Waals surface area contributed by atoms with E-state index in [0.29, 0.717) is 11.4 Å². The average molecular weight is 510 g/mol. The van der Waals surface area contributed by atoms with Gasteiger partial charge in [0.2, 0.25) is 5.91 Å². The summed E-state index contributed by atoms with van der Waals surface area (Å²) in [7, 11) is 1.59. The van der Waals surface area contributed by atoms with Crippen molar-refractivity contribution in [2.75, 3.05) is 43.9 Å². The molecule has 1 fully saturated rings. The Hall–Kier alpha value is -4.43. The van der Waals surface area contributed by atoms with E-state index in [1.54, 1.807) is 20.1 Å². The average Bonchev–Trinajstić information content (AvgIpc) is 2.94. The largest absolute Gasteiger partial charge is 0.497 e. The third-order valence-corrected chi connectivity index (χ3v) is 6.84. The van der Waals surface area contributed by atoms with Gasteiger partial charge in [0.25, 0.3) is 0 Å². The Bertz CT molecular complexity index is 1450. The number of nitrogens with one attached hydrogen (secondary N) is 2. The van der Waals surface area contributed by atoms with Crippen molar-refractivity contribution in [3.05, 3.63) is 84.7 Å². The summed E-state index contributed by atoms with van der Waals surface area (Å²) in [5.41, 5.74) is 4.43. The smallest absolute Gasteiger partial charge is 0.323 e. The molecule has 0 bridgehead atoms. The zero-order chi connectivity index (χ0) is 26.5. The fraction of sp³-hybridized carbons (Fsp3) is 0.233. The Morgan fingerprint density at radius 2 is 1.68 bits per heavy atom. The first-order valence-electron chi connectivity index (χ1n) is 12.7. The van der Waals surface area contributed by atoms with Crippen molar-refractivity contribution in [1.29, 1.82) is 0 Å². The zero-order valence-corrected chi connectivity index (χ0v) is 21.6. The predicted octanol–water partition coefficient (Wildman–Crippen LogP) is 5.22. The monoisotopic (exact) mass is 509 g/mol. The zero-order valence-electron chi connectivity index (χ0n) is 21.6. The number of hydrogen-bond donors (Lipinski definition) is 2. The van der Waals surface area contributed by atoms with Crippen molar-refractivity contribution in [1.82, 2.24) is 14.8 Å². The number of methoxy groups -OCH3 is 1. The summed E-state index contributed by atoms with van der Waals surface area (Å²) in [6.45, 7) is 5.62. The van der Waals surface area contributed by atoms with E-state index in [1.165, 1.54) is 0 Å². The molecule has 0 radical (unpaired) electrons. The molecule has 0 saturated carbocycles. The Labute approximate surface area is 222 Å². The van der Waals surface area contributed by atoms with Gasteiger partial charge in [0.05, 0.1) is 18.5 Å². The normalized spacial score (nSPS) is 13.8. The molecule has 1 aliphatic rings. The number of urea groups is 1. The molecule has 0 aliphatic carbocycles. The molecule has 1 saturated heterocycles. The number of fused-ring (bicyclic) bond motifs is 1. The van der Waals surface area contributed by atoms with Gasteiger partial charge in [-0.1, -0.05) is 42.5 Å². The Balaban J connectivity index is 1.30. The molecular weight excluding hydrogens is 478 g/mol. The van der Waals surface area contributed by atoms with Crippen molar-refractivity contribution in [2.45, 2.75) is 13.5 Å². The molecule has 8 heteroatoms. The van der Waals surface area contributed by atoms with Gasteiger partial charge >= 0.3 is 6.03 Å². The maximum absolute atomic E-state index is 12.7. The number of amides is 3. The highest BCUT2D eigenvalue weighted by atomic mass is 16.5. The summed E-state index contributed by atoms with van der Waals surface area (Å²) < 4.78 is 5.23. The number of rotatable bonds is 6. The summed E-state index contributed by atoms with van der Waals surface area (Å²) in [6, 6.07) is 23.0. The molecule has 1 aliphatic heterocycles. The number of carbonyl (C=O) groups is 2. The molecule has 38 heavy (non-hydrogen) atoms. The van der Waals surface area contributed by atoms with E-state index in [4.69, 9.17) is 9.72 Å².